The topological polar surface area (TPSA) is 46.3 Å². The van der Waals surface area contributed by atoms with Crippen LogP contribution in [0.25, 0.3) is 0 Å². The molecule has 0 heterocycles. The van der Waals surface area contributed by atoms with Gasteiger partial charge < -0.3 is 10.6 Å². The highest BCUT2D eigenvalue weighted by atomic mass is 35.5. The molecular formula is C21H29ClN2O. The largest absolute Gasteiger partial charge is 0.330 e. The minimum absolute atomic E-state index is 0. The van der Waals surface area contributed by atoms with E-state index >= 15 is 0 Å². The Balaban J connectivity index is 0.00000312. The Bertz CT molecular complexity index is 589. The van der Waals surface area contributed by atoms with E-state index in [1.807, 2.05) is 53.4 Å². The van der Waals surface area contributed by atoms with Crippen molar-refractivity contribution in [3.63, 3.8) is 0 Å². The average molecular weight is 361 g/mol. The quantitative estimate of drug-likeness (QED) is 0.630. The lowest BCUT2D eigenvalue weighted by atomic mass is 10.1. The lowest BCUT2D eigenvalue weighted by molar-refractivity contribution is -0.118. The first kappa shape index (κ1) is 21.2. The maximum absolute atomic E-state index is 12.7. The standard InChI is InChI=1S/C21H28N2O.ClH/c22-17-10-2-1-9-15-21(24)23(20-13-7-4-8-14-20)18-16-19-11-5-3-6-12-19;/h3-8,11-14H,1-2,9-10,15-18,22H2;1H. The Morgan fingerprint density at radius 1 is 0.840 bits per heavy atom. The molecule has 0 unspecified atom stereocenters. The Labute approximate surface area is 157 Å². The summed E-state index contributed by atoms with van der Waals surface area (Å²) in [6, 6.07) is 20.3. The van der Waals surface area contributed by atoms with Crippen molar-refractivity contribution >= 4 is 24.0 Å². The highest BCUT2D eigenvalue weighted by molar-refractivity contribution is 5.93. The van der Waals surface area contributed by atoms with Crippen LogP contribution in [0, 0.1) is 0 Å². The summed E-state index contributed by atoms with van der Waals surface area (Å²) in [7, 11) is 0. The van der Waals surface area contributed by atoms with Crippen molar-refractivity contribution in [3.05, 3.63) is 66.2 Å². The van der Waals surface area contributed by atoms with E-state index in [1.54, 1.807) is 0 Å². The lowest BCUT2D eigenvalue weighted by Gasteiger charge is -2.23. The predicted molar refractivity (Wildman–Crippen MR) is 108 cm³/mol. The van der Waals surface area contributed by atoms with Crippen LogP contribution in [-0.2, 0) is 11.2 Å². The number of carbonyl (C=O) groups excluding carboxylic acids is 1. The molecule has 0 radical (unpaired) electrons. The van der Waals surface area contributed by atoms with Gasteiger partial charge in [0.2, 0.25) is 5.91 Å². The van der Waals surface area contributed by atoms with Gasteiger partial charge in [-0.3, -0.25) is 4.79 Å². The third-order valence-corrected chi connectivity index (χ3v) is 4.18. The van der Waals surface area contributed by atoms with Gasteiger partial charge in [-0.2, -0.15) is 0 Å². The number of nitrogens with zero attached hydrogens (tertiary/aromatic N) is 1. The van der Waals surface area contributed by atoms with E-state index in [1.165, 1.54) is 5.56 Å². The third-order valence-electron chi connectivity index (χ3n) is 4.18. The molecule has 2 N–H and O–H groups in total. The molecule has 0 atom stereocenters. The molecular weight excluding hydrogens is 332 g/mol. The van der Waals surface area contributed by atoms with Crippen LogP contribution in [0.4, 0.5) is 5.69 Å². The first-order chi connectivity index (χ1) is 11.8. The average Bonchev–Trinajstić information content (AvgIpc) is 2.63. The number of rotatable bonds is 10. The molecule has 0 saturated heterocycles. The van der Waals surface area contributed by atoms with Gasteiger partial charge in [-0.15, -0.1) is 12.4 Å². The molecule has 0 spiro atoms. The third kappa shape index (κ3) is 7.72. The van der Waals surface area contributed by atoms with Crippen LogP contribution in [0.5, 0.6) is 0 Å². The predicted octanol–water partition coefficient (Wildman–Crippen LogP) is 4.59. The minimum Gasteiger partial charge on any atom is -0.330 e. The summed E-state index contributed by atoms with van der Waals surface area (Å²) in [5.74, 6) is 0.213. The molecule has 136 valence electrons. The van der Waals surface area contributed by atoms with E-state index in [4.69, 9.17) is 5.73 Å². The lowest BCUT2D eigenvalue weighted by Crippen LogP contribution is -2.32. The van der Waals surface area contributed by atoms with E-state index < -0.39 is 0 Å². The zero-order valence-electron chi connectivity index (χ0n) is 14.8. The van der Waals surface area contributed by atoms with Crippen molar-refractivity contribution in [1.29, 1.82) is 0 Å². The summed E-state index contributed by atoms with van der Waals surface area (Å²) >= 11 is 0. The zero-order valence-corrected chi connectivity index (χ0v) is 15.6. The maximum Gasteiger partial charge on any atom is 0.226 e. The molecule has 3 nitrogen and oxygen atoms in total. The van der Waals surface area contributed by atoms with Crippen LogP contribution in [0.3, 0.4) is 0 Å². The molecule has 0 bridgehead atoms. The summed E-state index contributed by atoms with van der Waals surface area (Å²) < 4.78 is 0. The first-order valence-electron chi connectivity index (χ1n) is 8.90. The molecule has 2 aromatic rings. The second-order valence-electron chi connectivity index (χ2n) is 6.07. The molecule has 0 saturated carbocycles. The fourth-order valence-corrected chi connectivity index (χ4v) is 2.80. The van der Waals surface area contributed by atoms with Gasteiger partial charge in [0.1, 0.15) is 0 Å². The second-order valence-corrected chi connectivity index (χ2v) is 6.07. The van der Waals surface area contributed by atoms with Crippen LogP contribution in [0.2, 0.25) is 0 Å². The second kappa shape index (κ2) is 12.5. The maximum atomic E-state index is 12.7. The van der Waals surface area contributed by atoms with Crippen LogP contribution >= 0.6 is 12.4 Å². The van der Waals surface area contributed by atoms with Crippen molar-refractivity contribution in [2.45, 2.75) is 38.5 Å². The van der Waals surface area contributed by atoms with Gasteiger partial charge in [0, 0.05) is 18.7 Å². The zero-order chi connectivity index (χ0) is 17.0. The highest BCUT2D eigenvalue weighted by Crippen LogP contribution is 2.17. The van der Waals surface area contributed by atoms with E-state index in [2.05, 4.69) is 12.1 Å². The molecule has 0 aliphatic heterocycles. The number of anilines is 1. The highest BCUT2D eigenvalue weighted by Gasteiger charge is 2.15. The van der Waals surface area contributed by atoms with Crippen LogP contribution in [0.15, 0.2) is 60.7 Å². The summed E-state index contributed by atoms with van der Waals surface area (Å²) in [6.45, 7) is 1.46. The van der Waals surface area contributed by atoms with E-state index in [-0.39, 0.29) is 18.3 Å². The Morgan fingerprint density at radius 3 is 2.08 bits per heavy atom. The molecule has 0 aromatic heterocycles. The van der Waals surface area contributed by atoms with Gasteiger partial charge in [0.25, 0.3) is 0 Å². The van der Waals surface area contributed by atoms with Crippen molar-refractivity contribution in [2.75, 3.05) is 18.0 Å². The van der Waals surface area contributed by atoms with Crippen molar-refractivity contribution in [2.24, 2.45) is 5.73 Å². The number of nitrogens with two attached hydrogens (primary N) is 1. The number of carbonyl (C=O) groups is 1. The number of hydrogen-bond acceptors (Lipinski definition) is 2. The normalized spacial score (nSPS) is 10.1. The summed E-state index contributed by atoms with van der Waals surface area (Å²) in [6.07, 6.45) is 5.64. The molecule has 4 heteroatoms. The number of amides is 1. The van der Waals surface area contributed by atoms with Gasteiger partial charge in [-0.05, 0) is 43.5 Å². The van der Waals surface area contributed by atoms with E-state index in [9.17, 15) is 4.79 Å². The molecule has 1 amide bonds. The van der Waals surface area contributed by atoms with Gasteiger partial charge in [0.05, 0.1) is 0 Å². The van der Waals surface area contributed by atoms with E-state index in [0.717, 1.165) is 50.9 Å². The molecule has 2 aromatic carbocycles. The molecule has 2 rings (SSSR count). The van der Waals surface area contributed by atoms with Gasteiger partial charge >= 0.3 is 0 Å². The Hall–Kier alpha value is -1.84. The Kier molecular flexibility index (Phi) is 10.6. The van der Waals surface area contributed by atoms with Crippen molar-refractivity contribution in [3.8, 4) is 0 Å². The summed E-state index contributed by atoms with van der Waals surface area (Å²) in [4.78, 5) is 14.6. The minimum atomic E-state index is 0. The number of benzene rings is 2. The van der Waals surface area contributed by atoms with Crippen LogP contribution in [0.1, 0.15) is 37.7 Å². The molecule has 0 aliphatic carbocycles. The number of para-hydroxylation sites is 1. The number of hydrogen-bond donors (Lipinski definition) is 1. The smallest absolute Gasteiger partial charge is 0.226 e. The Morgan fingerprint density at radius 2 is 1.44 bits per heavy atom. The van der Waals surface area contributed by atoms with Gasteiger partial charge in [0.15, 0.2) is 0 Å². The van der Waals surface area contributed by atoms with Crippen LogP contribution in [-0.4, -0.2) is 19.0 Å². The monoisotopic (exact) mass is 360 g/mol. The fourth-order valence-electron chi connectivity index (χ4n) is 2.80. The molecule has 0 aliphatic rings. The number of unbranched alkanes of at least 4 members (excludes halogenated alkanes) is 3. The summed E-state index contributed by atoms with van der Waals surface area (Å²) in [5.41, 5.74) is 7.76. The SMILES string of the molecule is Cl.NCCCCCCC(=O)N(CCc1ccccc1)c1ccccc1. The summed E-state index contributed by atoms with van der Waals surface area (Å²) in [5, 5.41) is 0. The van der Waals surface area contributed by atoms with Crippen molar-refractivity contribution in [1.82, 2.24) is 0 Å². The van der Waals surface area contributed by atoms with E-state index in [0.29, 0.717) is 6.42 Å². The number of halogens is 1. The fraction of sp³-hybridized carbons (Fsp3) is 0.381. The van der Waals surface area contributed by atoms with Crippen LogP contribution < -0.4 is 10.6 Å². The van der Waals surface area contributed by atoms with Gasteiger partial charge in [-0.1, -0.05) is 61.4 Å². The van der Waals surface area contributed by atoms with Gasteiger partial charge in [-0.25, -0.2) is 0 Å². The first-order valence-corrected chi connectivity index (χ1v) is 8.90. The van der Waals surface area contributed by atoms with Crippen molar-refractivity contribution < 1.29 is 4.79 Å². The molecule has 25 heavy (non-hydrogen) atoms. The molecule has 0 fully saturated rings.